The second-order valence-electron chi connectivity index (χ2n) is 8.48. The number of rotatable bonds is 10. The minimum Gasteiger partial charge on any atom is -0.497 e. The zero-order chi connectivity index (χ0) is 24.8. The molecule has 0 unspecified atom stereocenters. The van der Waals surface area contributed by atoms with Gasteiger partial charge in [0, 0.05) is 18.5 Å². The molecule has 0 fully saturated rings. The molecule has 1 N–H and O–H groups in total. The van der Waals surface area contributed by atoms with Gasteiger partial charge in [-0.3, -0.25) is 9.59 Å². The van der Waals surface area contributed by atoms with Gasteiger partial charge >= 0.3 is 0 Å². The minimum absolute atomic E-state index is 0.0968. The highest BCUT2D eigenvalue weighted by Gasteiger charge is 2.27. The van der Waals surface area contributed by atoms with E-state index in [9.17, 15) is 9.59 Å². The zero-order valence-electron chi connectivity index (χ0n) is 20.1. The standard InChI is InChI=1S/C27H29N3O5/c1-29(2)14-15-30(18-21-7-6-16-34-21)27(32)26-25(22-8-4-5-9-23(22)35-26)28-24(31)17-19-10-12-20(33-3)13-11-19/h4-13,16H,14-15,17-18H2,1-3H3,(H,28,31). The molecule has 0 aliphatic rings. The van der Waals surface area contributed by atoms with Crippen molar-refractivity contribution in [2.24, 2.45) is 0 Å². The van der Waals surface area contributed by atoms with Crippen LogP contribution < -0.4 is 10.1 Å². The molecule has 4 rings (SSSR count). The number of carbonyl (C=O) groups is 2. The molecule has 8 heteroatoms. The third-order valence-corrected chi connectivity index (χ3v) is 5.61. The summed E-state index contributed by atoms with van der Waals surface area (Å²) in [5.74, 6) is 0.913. The number of nitrogens with one attached hydrogen (secondary N) is 1. The molecular formula is C27H29N3O5. The van der Waals surface area contributed by atoms with Crippen molar-refractivity contribution in [2.75, 3.05) is 39.6 Å². The van der Waals surface area contributed by atoms with Gasteiger partial charge in [-0.1, -0.05) is 24.3 Å². The van der Waals surface area contributed by atoms with Crippen LogP contribution in [0.2, 0.25) is 0 Å². The Labute approximate surface area is 204 Å². The first kappa shape index (κ1) is 24.1. The Kier molecular flexibility index (Phi) is 7.52. The van der Waals surface area contributed by atoms with Crippen molar-refractivity contribution in [3.8, 4) is 5.75 Å². The first-order chi connectivity index (χ1) is 16.9. The number of hydrogen-bond acceptors (Lipinski definition) is 6. The van der Waals surface area contributed by atoms with E-state index in [2.05, 4.69) is 5.32 Å². The Balaban J connectivity index is 1.61. The number of fused-ring (bicyclic) bond motifs is 1. The van der Waals surface area contributed by atoms with E-state index in [-0.39, 0.29) is 30.5 Å². The summed E-state index contributed by atoms with van der Waals surface area (Å²) >= 11 is 0. The van der Waals surface area contributed by atoms with E-state index in [1.807, 2.05) is 67.5 Å². The maximum Gasteiger partial charge on any atom is 0.292 e. The third kappa shape index (κ3) is 5.91. The minimum atomic E-state index is -0.320. The lowest BCUT2D eigenvalue weighted by atomic mass is 10.1. The van der Waals surface area contributed by atoms with E-state index in [0.717, 1.165) is 11.3 Å². The molecule has 2 heterocycles. The van der Waals surface area contributed by atoms with Crippen LogP contribution in [-0.2, 0) is 17.8 Å². The van der Waals surface area contributed by atoms with Gasteiger partial charge in [0.05, 0.1) is 26.3 Å². The molecule has 0 aliphatic heterocycles. The smallest absolute Gasteiger partial charge is 0.292 e. The SMILES string of the molecule is COc1ccc(CC(=O)Nc2c(C(=O)N(CCN(C)C)Cc3ccco3)oc3ccccc23)cc1. The molecule has 0 radical (unpaired) electrons. The Morgan fingerprint density at radius 2 is 1.74 bits per heavy atom. The monoisotopic (exact) mass is 475 g/mol. The summed E-state index contributed by atoms with van der Waals surface area (Å²) in [6.07, 6.45) is 1.73. The van der Waals surface area contributed by atoms with Crippen LogP contribution in [0.5, 0.6) is 5.75 Å². The van der Waals surface area contributed by atoms with Gasteiger partial charge in [-0.2, -0.15) is 0 Å². The van der Waals surface area contributed by atoms with Crippen LogP contribution in [0.4, 0.5) is 5.69 Å². The number of carbonyl (C=O) groups excluding carboxylic acids is 2. The van der Waals surface area contributed by atoms with Gasteiger partial charge < -0.3 is 28.7 Å². The summed E-state index contributed by atoms with van der Waals surface area (Å²) in [6, 6.07) is 18.2. The fraction of sp³-hybridized carbons (Fsp3) is 0.259. The Hall–Kier alpha value is -4.04. The van der Waals surface area contributed by atoms with Gasteiger partial charge in [0.25, 0.3) is 5.91 Å². The van der Waals surface area contributed by atoms with Crippen molar-refractivity contribution in [3.63, 3.8) is 0 Å². The Morgan fingerprint density at radius 1 is 0.971 bits per heavy atom. The summed E-state index contributed by atoms with van der Waals surface area (Å²) in [6.45, 7) is 1.41. The number of hydrogen-bond donors (Lipinski definition) is 1. The lowest BCUT2D eigenvalue weighted by Crippen LogP contribution is -2.36. The van der Waals surface area contributed by atoms with Crippen LogP contribution >= 0.6 is 0 Å². The van der Waals surface area contributed by atoms with E-state index in [1.54, 1.807) is 30.4 Å². The number of nitrogens with zero attached hydrogens (tertiary/aromatic N) is 2. The van der Waals surface area contributed by atoms with Crippen LogP contribution in [0, 0.1) is 0 Å². The average Bonchev–Trinajstić information content (AvgIpc) is 3.50. The summed E-state index contributed by atoms with van der Waals surface area (Å²) < 4.78 is 16.6. The van der Waals surface area contributed by atoms with Gasteiger partial charge in [-0.25, -0.2) is 0 Å². The van der Waals surface area contributed by atoms with Crippen LogP contribution in [0.3, 0.4) is 0 Å². The molecule has 8 nitrogen and oxygen atoms in total. The van der Waals surface area contributed by atoms with E-state index in [1.165, 1.54) is 0 Å². The number of furan rings is 2. The molecule has 0 saturated heterocycles. The number of likely N-dealkylation sites (N-methyl/N-ethyl adjacent to an activating group) is 1. The lowest BCUT2D eigenvalue weighted by Gasteiger charge is -2.23. The molecule has 2 aromatic carbocycles. The molecular weight excluding hydrogens is 446 g/mol. The van der Waals surface area contributed by atoms with Gasteiger partial charge in [0.15, 0.2) is 0 Å². The highest BCUT2D eigenvalue weighted by molar-refractivity contribution is 6.11. The topological polar surface area (TPSA) is 88.2 Å². The maximum atomic E-state index is 13.7. The molecule has 2 aromatic heterocycles. The predicted molar refractivity (Wildman–Crippen MR) is 134 cm³/mol. The number of ether oxygens (including phenoxy) is 1. The second-order valence-corrected chi connectivity index (χ2v) is 8.48. The summed E-state index contributed by atoms with van der Waals surface area (Å²) in [5, 5.41) is 3.60. The molecule has 4 aromatic rings. The van der Waals surface area contributed by atoms with Crippen molar-refractivity contribution in [1.82, 2.24) is 9.80 Å². The normalized spacial score (nSPS) is 11.1. The number of anilines is 1. The summed E-state index contributed by atoms with van der Waals surface area (Å²) in [7, 11) is 5.49. The molecule has 2 amide bonds. The molecule has 0 bridgehead atoms. The van der Waals surface area contributed by atoms with Crippen molar-refractivity contribution in [1.29, 1.82) is 0 Å². The molecule has 0 aliphatic carbocycles. The van der Waals surface area contributed by atoms with Crippen molar-refractivity contribution >= 4 is 28.5 Å². The lowest BCUT2D eigenvalue weighted by molar-refractivity contribution is -0.115. The quantitative estimate of drug-likeness (QED) is 0.365. The van der Waals surface area contributed by atoms with E-state index in [0.29, 0.717) is 35.5 Å². The summed E-state index contributed by atoms with van der Waals surface area (Å²) in [4.78, 5) is 30.3. The first-order valence-corrected chi connectivity index (χ1v) is 11.4. The fourth-order valence-corrected chi connectivity index (χ4v) is 3.74. The van der Waals surface area contributed by atoms with Crippen LogP contribution in [0.15, 0.2) is 75.8 Å². The molecule has 182 valence electrons. The van der Waals surface area contributed by atoms with Crippen LogP contribution in [0.1, 0.15) is 21.9 Å². The Bertz CT molecular complexity index is 1280. The van der Waals surface area contributed by atoms with Crippen LogP contribution in [-0.4, -0.2) is 55.9 Å². The van der Waals surface area contributed by atoms with Crippen LogP contribution in [0.25, 0.3) is 11.0 Å². The highest BCUT2D eigenvalue weighted by Crippen LogP contribution is 2.32. The molecule has 0 spiro atoms. The van der Waals surface area contributed by atoms with E-state index >= 15 is 0 Å². The van der Waals surface area contributed by atoms with Crippen molar-refractivity contribution < 1.29 is 23.2 Å². The van der Waals surface area contributed by atoms with Gasteiger partial charge in [0.2, 0.25) is 11.7 Å². The average molecular weight is 476 g/mol. The highest BCUT2D eigenvalue weighted by atomic mass is 16.5. The zero-order valence-corrected chi connectivity index (χ0v) is 20.1. The second kappa shape index (κ2) is 10.9. The predicted octanol–water partition coefficient (Wildman–Crippen LogP) is 4.42. The number of amides is 2. The van der Waals surface area contributed by atoms with Gasteiger partial charge in [0.1, 0.15) is 22.8 Å². The van der Waals surface area contributed by atoms with Crippen molar-refractivity contribution in [3.05, 3.63) is 84.0 Å². The summed E-state index contributed by atoms with van der Waals surface area (Å²) in [5.41, 5.74) is 1.73. The number of para-hydroxylation sites is 1. The van der Waals surface area contributed by atoms with Gasteiger partial charge in [-0.05, 0) is 56.1 Å². The Morgan fingerprint density at radius 3 is 2.43 bits per heavy atom. The largest absolute Gasteiger partial charge is 0.497 e. The van der Waals surface area contributed by atoms with Gasteiger partial charge in [-0.15, -0.1) is 0 Å². The molecule has 35 heavy (non-hydrogen) atoms. The molecule has 0 atom stereocenters. The van der Waals surface area contributed by atoms with E-state index < -0.39 is 0 Å². The van der Waals surface area contributed by atoms with Crippen molar-refractivity contribution in [2.45, 2.75) is 13.0 Å². The first-order valence-electron chi connectivity index (χ1n) is 11.4. The number of methoxy groups -OCH3 is 1. The third-order valence-electron chi connectivity index (χ3n) is 5.61. The number of benzene rings is 2. The molecule has 0 saturated carbocycles. The maximum absolute atomic E-state index is 13.7. The fourth-order valence-electron chi connectivity index (χ4n) is 3.74. The van der Waals surface area contributed by atoms with E-state index in [4.69, 9.17) is 13.6 Å².